The predicted molar refractivity (Wildman–Crippen MR) is 64.0 cm³/mol. The first-order valence-electron chi connectivity index (χ1n) is 5.64. The van der Waals surface area contributed by atoms with Crippen LogP contribution in [0, 0.1) is 5.92 Å². The fourth-order valence-electron chi connectivity index (χ4n) is 1.66. The van der Waals surface area contributed by atoms with Crippen LogP contribution in [0.15, 0.2) is 24.3 Å². The third-order valence-corrected chi connectivity index (χ3v) is 2.76. The summed E-state index contributed by atoms with van der Waals surface area (Å²) in [4.78, 5) is 22.7. The molecule has 0 unspecified atom stereocenters. The molecular formula is C13H15NO3. The van der Waals surface area contributed by atoms with Crippen LogP contribution in [-0.4, -0.2) is 24.9 Å². The Balaban J connectivity index is 1.89. The molecule has 1 aromatic carbocycles. The minimum Gasteiger partial charge on any atom is -0.381 e. The number of hydrogen-bond donors (Lipinski definition) is 1. The van der Waals surface area contributed by atoms with Crippen LogP contribution in [-0.2, 0) is 9.53 Å². The van der Waals surface area contributed by atoms with Crippen LogP contribution in [0.1, 0.15) is 23.7 Å². The molecule has 4 nitrogen and oxygen atoms in total. The van der Waals surface area contributed by atoms with Gasteiger partial charge in [0.1, 0.15) is 0 Å². The van der Waals surface area contributed by atoms with Crippen LogP contribution in [0.2, 0.25) is 0 Å². The number of nitrogens with one attached hydrogen (secondary N) is 1. The lowest BCUT2D eigenvalue weighted by Gasteiger charge is -2.25. The van der Waals surface area contributed by atoms with Crippen LogP contribution in [0.25, 0.3) is 0 Å². The average Bonchev–Trinajstić information content (AvgIpc) is 2.24. The highest BCUT2D eigenvalue weighted by molar-refractivity contribution is 5.95. The van der Waals surface area contributed by atoms with Crippen molar-refractivity contribution in [3.05, 3.63) is 29.8 Å². The number of Topliss-reactive ketones (excluding diaryl/α,β-unsaturated/α-hetero) is 1. The molecule has 1 aliphatic rings. The number of ether oxygens (including phenoxy) is 1. The third kappa shape index (κ3) is 3.14. The summed E-state index contributed by atoms with van der Waals surface area (Å²) in [5.41, 5.74) is 1.37. The number of ketones is 1. The van der Waals surface area contributed by atoms with Crippen LogP contribution in [0.5, 0.6) is 0 Å². The molecule has 0 saturated carbocycles. The quantitative estimate of drug-likeness (QED) is 0.808. The Hall–Kier alpha value is -1.68. The minimum atomic E-state index is -0.00567. The van der Waals surface area contributed by atoms with Crippen molar-refractivity contribution in [3.8, 4) is 0 Å². The molecule has 0 aromatic heterocycles. The summed E-state index contributed by atoms with van der Waals surface area (Å²) >= 11 is 0. The van der Waals surface area contributed by atoms with Crippen LogP contribution < -0.4 is 5.32 Å². The largest absolute Gasteiger partial charge is 0.381 e. The van der Waals surface area contributed by atoms with Crippen molar-refractivity contribution in [1.29, 1.82) is 0 Å². The molecule has 4 heteroatoms. The Morgan fingerprint density at radius 2 is 1.94 bits per heavy atom. The number of benzene rings is 1. The molecule has 1 N–H and O–H groups in total. The Morgan fingerprint density at radius 1 is 1.29 bits per heavy atom. The molecule has 1 amide bonds. The van der Waals surface area contributed by atoms with Crippen LogP contribution in [0.3, 0.4) is 0 Å². The summed E-state index contributed by atoms with van der Waals surface area (Å²) in [6.07, 6.45) is 0.495. The van der Waals surface area contributed by atoms with E-state index in [1.54, 1.807) is 24.3 Å². The number of rotatable bonds is 4. The molecule has 1 aliphatic heterocycles. The molecular weight excluding hydrogens is 218 g/mol. The van der Waals surface area contributed by atoms with E-state index >= 15 is 0 Å². The molecule has 0 radical (unpaired) electrons. The SMILES string of the molecule is CC(=O)c1ccc(NC(=O)CC2COC2)cc1. The Labute approximate surface area is 100.0 Å². The lowest BCUT2D eigenvalue weighted by molar-refractivity contribution is -0.121. The van der Waals surface area contributed by atoms with E-state index in [1.165, 1.54) is 6.92 Å². The zero-order valence-electron chi connectivity index (χ0n) is 9.73. The van der Waals surface area contributed by atoms with Crippen molar-refractivity contribution in [2.24, 2.45) is 5.92 Å². The molecule has 1 heterocycles. The summed E-state index contributed by atoms with van der Waals surface area (Å²) < 4.78 is 5.01. The van der Waals surface area contributed by atoms with E-state index in [-0.39, 0.29) is 11.7 Å². The summed E-state index contributed by atoms with van der Waals surface area (Å²) in [6, 6.07) is 6.91. The number of hydrogen-bond acceptors (Lipinski definition) is 3. The van der Waals surface area contributed by atoms with E-state index in [4.69, 9.17) is 4.74 Å². The van der Waals surface area contributed by atoms with Gasteiger partial charge in [-0.15, -0.1) is 0 Å². The lowest BCUT2D eigenvalue weighted by atomic mass is 10.0. The summed E-state index contributed by atoms with van der Waals surface area (Å²) in [7, 11) is 0. The van der Waals surface area contributed by atoms with E-state index in [2.05, 4.69) is 5.32 Å². The number of amides is 1. The van der Waals surface area contributed by atoms with Gasteiger partial charge in [-0.3, -0.25) is 9.59 Å². The summed E-state index contributed by atoms with van der Waals surface area (Å²) in [6.45, 7) is 2.87. The fourth-order valence-corrected chi connectivity index (χ4v) is 1.66. The van der Waals surface area contributed by atoms with Gasteiger partial charge in [-0.1, -0.05) is 0 Å². The van der Waals surface area contributed by atoms with Gasteiger partial charge in [-0.05, 0) is 31.2 Å². The summed E-state index contributed by atoms with van der Waals surface area (Å²) in [5.74, 6) is 0.370. The van der Waals surface area contributed by atoms with E-state index in [0.717, 1.165) is 5.69 Å². The molecule has 1 aromatic rings. The number of anilines is 1. The molecule has 0 spiro atoms. The zero-order valence-corrected chi connectivity index (χ0v) is 9.73. The highest BCUT2D eigenvalue weighted by Crippen LogP contribution is 2.16. The second-order valence-electron chi connectivity index (χ2n) is 4.29. The monoisotopic (exact) mass is 233 g/mol. The Bertz CT molecular complexity index is 421. The first kappa shape index (κ1) is 11.8. The van der Waals surface area contributed by atoms with Gasteiger partial charge in [0.05, 0.1) is 13.2 Å². The first-order valence-corrected chi connectivity index (χ1v) is 5.64. The molecule has 0 aliphatic carbocycles. The van der Waals surface area contributed by atoms with Gasteiger partial charge in [0, 0.05) is 23.6 Å². The highest BCUT2D eigenvalue weighted by atomic mass is 16.5. The molecule has 1 fully saturated rings. The first-order chi connectivity index (χ1) is 8.15. The van der Waals surface area contributed by atoms with Crippen molar-refractivity contribution in [2.45, 2.75) is 13.3 Å². The average molecular weight is 233 g/mol. The van der Waals surface area contributed by atoms with Crippen molar-refractivity contribution < 1.29 is 14.3 Å². The molecule has 90 valence electrons. The van der Waals surface area contributed by atoms with E-state index < -0.39 is 0 Å². The minimum absolute atomic E-state index is 0.00567. The Kier molecular flexibility index (Phi) is 3.54. The number of carbonyl (C=O) groups is 2. The number of carbonyl (C=O) groups excluding carboxylic acids is 2. The normalized spacial score (nSPS) is 15.1. The second kappa shape index (κ2) is 5.10. The Morgan fingerprint density at radius 3 is 2.41 bits per heavy atom. The van der Waals surface area contributed by atoms with Crippen molar-refractivity contribution in [1.82, 2.24) is 0 Å². The topological polar surface area (TPSA) is 55.4 Å². The molecule has 2 rings (SSSR count). The van der Waals surface area contributed by atoms with Crippen molar-refractivity contribution in [2.75, 3.05) is 18.5 Å². The summed E-state index contributed by atoms with van der Waals surface area (Å²) in [5, 5.41) is 2.80. The maximum atomic E-state index is 11.6. The maximum absolute atomic E-state index is 11.6. The smallest absolute Gasteiger partial charge is 0.224 e. The van der Waals surface area contributed by atoms with Gasteiger partial charge < -0.3 is 10.1 Å². The lowest BCUT2D eigenvalue weighted by Crippen LogP contribution is -2.31. The van der Waals surface area contributed by atoms with Crippen molar-refractivity contribution >= 4 is 17.4 Å². The van der Waals surface area contributed by atoms with Crippen molar-refractivity contribution in [3.63, 3.8) is 0 Å². The second-order valence-corrected chi connectivity index (χ2v) is 4.29. The van der Waals surface area contributed by atoms with E-state index in [1.807, 2.05) is 0 Å². The van der Waals surface area contributed by atoms with Crippen LogP contribution in [0.4, 0.5) is 5.69 Å². The van der Waals surface area contributed by atoms with Crippen LogP contribution >= 0.6 is 0 Å². The zero-order chi connectivity index (χ0) is 12.3. The molecule has 17 heavy (non-hydrogen) atoms. The van der Waals surface area contributed by atoms with Gasteiger partial charge in [-0.25, -0.2) is 0 Å². The van der Waals surface area contributed by atoms with Gasteiger partial charge >= 0.3 is 0 Å². The van der Waals surface area contributed by atoms with E-state index in [9.17, 15) is 9.59 Å². The fraction of sp³-hybridized carbons (Fsp3) is 0.385. The van der Waals surface area contributed by atoms with Gasteiger partial charge in [0.15, 0.2) is 5.78 Å². The predicted octanol–water partition coefficient (Wildman–Crippen LogP) is 1.86. The third-order valence-electron chi connectivity index (χ3n) is 2.76. The highest BCUT2D eigenvalue weighted by Gasteiger charge is 2.21. The van der Waals surface area contributed by atoms with E-state index in [0.29, 0.717) is 31.1 Å². The van der Waals surface area contributed by atoms with Gasteiger partial charge in [0.25, 0.3) is 0 Å². The molecule has 1 saturated heterocycles. The standard InChI is InChI=1S/C13H15NO3/c1-9(15)11-2-4-12(5-3-11)14-13(16)6-10-7-17-8-10/h2-5,10H,6-8H2,1H3,(H,14,16). The maximum Gasteiger partial charge on any atom is 0.224 e. The van der Waals surface area contributed by atoms with Gasteiger partial charge in [-0.2, -0.15) is 0 Å². The van der Waals surface area contributed by atoms with Gasteiger partial charge in [0.2, 0.25) is 5.91 Å². The molecule has 0 bridgehead atoms. The molecule has 0 atom stereocenters.